The van der Waals surface area contributed by atoms with Crippen molar-refractivity contribution >= 4 is 23.2 Å². The molecule has 0 saturated heterocycles. The van der Waals surface area contributed by atoms with Gasteiger partial charge in [-0.2, -0.15) is 0 Å². The minimum absolute atomic E-state index is 0.176. The van der Waals surface area contributed by atoms with Crippen LogP contribution in [0.15, 0.2) is 91.0 Å². The predicted octanol–water partition coefficient (Wildman–Crippen LogP) is 6.29. The number of alkyl halides is 1. The number of halogens is 1. The van der Waals surface area contributed by atoms with Gasteiger partial charge in [0.15, 0.2) is 0 Å². The van der Waals surface area contributed by atoms with Crippen LogP contribution >= 0.6 is 7.26 Å². The largest absolute Gasteiger partial charge is 0.251 e. The van der Waals surface area contributed by atoms with Gasteiger partial charge in [0.25, 0.3) is 0 Å². The molecule has 28 heavy (non-hydrogen) atoms. The fraction of sp³-hybridized carbons (Fsp3) is 0.308. The summed E-state index contributed by atoms with van der Waals surface area (Å²) in [4.78, 5) is 0. The van der Waals surface area contributed by atoms with Crippen molar-refractivity contribution in [1.29, 1.82) is 0 Å². The van der Waals surface area contributed by atoms with Crippen LogP contribution in [-0.2, 0) is 0 Å². The van der Waals surface area contributed by atoms with Crippen molar-refractivity contribution in [3.8, 4) is 0 Å². The van der Waals surface area contributed by atoms with E-state index in [0.717, 1.165) is 19.3 Å². The summed E-state index contributed by atoms with van der Waals surface area (Å²) in [6.45, 7) is -0.176. The van der Waals surface area contributed by atoms with E-state index in [9.17, 15) is 4.39 Å². The predicted molar refractivity (Wildman–Crippen MR) is 124 cm³/mol. The van der Waals surface area contributed by atoms with E-state index < -0.39 is 7.26 Å². The molecule has 3 aromatic carbocycles. The van der Waals surface area contributed by atoms with Crippen molar-refractivity contribution in [2.45, 2.75) is 38.5 Å². The van der Waals surface area contributed by atoms with E-state index >= 15 is 0 Å². The third kappa shape index (κ3) is 5.09. The molecule has 0 N–H and O–H groups in total. The Morgan fingerprint density at radius 2 is 0.821 bits per heavy atom. The van der Waals surface area contributed by atoms with Crippen molar-refractivity contribution in [3.05, 3.63) is 91.0 Å². The van der Waals surface area contributed by atoms with Gasteiger partial charge in [0.1, 0.15) is 23.2 Å². The summed E-state index contributed by atoms with van der Waals surface area (Å²) in [5, 5.41) is 4.39. The van der Waals surface area contributed by atoms with Gasteiger partial charge in [0, 0.05) is 0 Å². The molecule has 3 rings (SSSR count). The highest BCUT2D eigenvalue weighted by Gasteiger charge is 2.44. The molecule has 0 unspecified atom stereocenters. The molecule has 3 aromatic rings. The molecule has 0 radical (unpaired) electrons. The van der Waals surface area contributed by atoms with E-state index in [4.69, 9.17) is 0 Å². The van der Waals surface area contributed by atoms with E-state index in [-0.39, 0.29) is 6.67 Å². The molecule has 0 aliphatic rings. The third-order valence-electron chi connectivity index (χ3n) is 5.47. The Balaban J connectivity index is 1.91. The smallest absolute Gasteiger partial charge is 0.112 e. The minimum Gasteiger partial charge on any atom is -0.251 e. The van der Waals surface area contributed by atoms with Crippen LogP contribution in [0.25, 0.3) is 0 Å². The van der Waals surface area contributed by atoms with E-state index in [1.54, 1.807) is 0 Å². The van der Waals surface area contributed by atoms with Crippen LogP contribution in [0.1, 0.15) is 38.5 Å². The number of hydrogen-bond donors (Lipinski definition) is 0. The van der Waals surface area contributed by atoms with Gasteiger partial charge in [-0.3, -0.25) is 4.39 Å². The Bertz CT molecular complexity index is 690. The first-order valence-electron chi connectivity index (χ1n) is 10.5. The van der Waals surface area contributed by atoms with Gasteiger partial charge in [-0.15, -0.1) is 0 Å². The molecule has 2 heteroatoms. The van der Waals surface area contributed by atoms with Gasteiger partial charge >= 0.3 is 0 Å². The van der Waals surface area contributed by atoms with Gasteiger partial charge < -0.3 is 0 Å². The van der Waals surface area contributed by atoms with Crippen LogP contribution < -0.4 is 15.9 Å². The maximum atomic E-state index is 12.3. The molecule has 0 spiro atoms. The zero-order valence-corrected chi connectivity index (χ0v) is 17.5. The number of unbranched alkanes of at least 4 members (excludes halogenated alkanes) is 5. The first-order valence-corrected chi connectivity index (χ1v) is 12.5. The molecule has 0 aromatic heterocycles. The Morgan fingerprint density at radius 3 is 1.21 bits per heavy atom. The summed E-state index contributed by atoms with van der Waals surface area (Å²) < 4.78 is 12.3. The van der Waals surface area contributed by atoms with Crippen molar-refractivity contribution in [1.82, 2.24) is 0 Å². The van der Waals surface area contributed by atoms with Gasteiger partial charge in [0.2, 0.25) is 0 Å². The third-order valence-corrected chi connectivity index (χ3v) is 9.99. The average Bonchev–Trinajstić information content (AvgIpc) is 2.78. The van der Waals surface area contributed by atoms with E-state index in [2.05, 4.69) is 91.0 Å². The fourth-order valence-corrected chi connectivity index (χ4v) is 8.44. The van der Waals surface area contributed by atoms with E-state index in [0.29, 0.717) is 0 Å². The summed E-state index contributed by atoms with van der Waals surface area (Å²) in [7, 11) is -1.67. The van der Waals surface area contributed by atoms with Crippen molar-refractivity contribution in [2.75, 3.05) is 12.8 Å². The molecule has 0 amide bonds. The highest BCUT2D eigenvalue weighted by Crippen LogP contribution is 2.55. The minimum atomic E-state index is -1.67. The maximum absolute atomic E-state index is 12.3. The van der Waals surface area contributed by atoms with Crippen LogP contribution in [0.3, 0.4) is 0 Å². The first kappa shape index (κ1) is 20.7. The molecule has 0 aliphatic heterocycles. The van der Waals surface area contributed by atoms with Crippen LogP contribution in [0.4, 0.5) is 4.39 Å². The Morgan fingerprint density at radius 1 is 0.464 bits per heavy atom. The van der Waals surface area contributed by atoms with Crippen molar-refractivity contribution in [2.24, 2.45) is 0 Å². The van der Waals surface area contributed by atoms with Gasteiger partial charge in [-0.1, -0.05) is 73.9 Å². The Hall–Kier alpha value is -1.98. The van der Waals surface area contributed by atoms with Crippen molar-refractivity contribution < 1.29 is 4.39 Å². The Labute approximate surface area is 170 Å². The number of rotatable bonds is 11. The maximum Gasteiger partial charge on any atom is 0.112 e. The zero-order chi connectivity index (χ0) is 19.5. The lowest BCUT2D eigenvalue weighted by Gasteiger charge is -2.27. The first-order chi connectivity index (χ1) is 13.9. The monoisotopic (exact) mass is 392 g/mol. The summed E-state index contributed by atoms with van der Waals surface area (Å²) >= 11 is 0. The molecule has 0 saturated carbocycles. The molecule has 0 fully saturated rings. The van der Waals surface area contributed by atoms with Gasteiger partial charge in [-0.05, 0) is 55.7 Å². The molecule has 0 nitrogen and oxygen atoms in total. The molecule has 0 bridgehead atoms. The second-order valence-electron chi connectivity index (χ2n) is 7.35. The number of benzene rings is 3. The van der Waals surface area contributed by atoms with Crippen LogP contribution in [-0.4, -0.2) is 12.8 Å². The molecule has 0 heterocycles. The van der Waals surface area contributed by atoms with Crippen LogP contribution in [0.5, 0.6) is 0 Å². The second kappa shape index (κ2) is 11.1. The zero-order valence-electron chi connectivity index (χ0n) is 16.6. The average molecular weight is 393 g/mol. The Kier molecular flexibility index (Phi) is 8.24. The summed E-state index contributed by atoms with van der Waals surface area (Å²) in [6.07, 6.45) is 7.72. The van der Waals surface area contributed by atoms with Gasteiger partial charge in [-0.25, -0.2) is 0 Å². The van der Waals surface area contributed by atoms with Crippen LogP contribution in [0, 0.1) is 0 Å². The lowest BCUT2D eigenvalue weighted by molar-refractivity contribution is 0.451. The summed E-state index contributed by atoms with van der Waals surface area (Å²) in [5.41, 5.74) is 0. The molecule has 146 valence electrons. The molecular weight excluding hydrogens is 361 g/mol. The standard InChI is InChI=1S/C26H31FP/c27-22-14-3-1-2-4-15-23-28(24-16-8-5-9-17-24,25-18-10-6-11-19-25)26-20-12-7-13-21-26/h5-13,16-21H,1-4,14-15,22-23H2/q+1/i27-1. The molecule has 0 atom stereocenters. The summed E-state index contributed by atoms with van der Waals surface area (Å²) in [6, 6.07) is 33.3. The quantitative estimate of drug-likeness (QED) is 0.266. The lowest BCUT2D eigenvalue weighted by Crippen LogP contribution is -2.33. The van der Waals surface area contributed by atoms with Gasteiger partial charge in [0.05, 0.1) is 12.8 Å². The SMILES string of the molecule is [18F]CCCCCCCC[P+](c1ccccc1)(c1ccccc1)c1ccccc1. The normalized spacial score (nSPS) is 11.5. The van der Waals surface area contributed by atoms with E-state index in [1.165, 1.54) is 41.3 Å². The highest BCUT2D eigenvalue weighted by molar-refractivity contribution is 7.95. The molecule has 0 aliphatic carbocycles. The second-order valence-corrected chi connectivity index (χ2v) is 11.0. The highest BCUT2D eigenvalue weighted by atomic mass is 31.2. The molecular formula is C26H31FP+. The summed E-state index contributed by atoms with van der Waals surface area (Å²) in [5.74, 6) is 0. The topological polar surface area (TPSA) is 0 Å². The van der Waals surface area contributed by atoms with E-state index in [1.807, 2.05) is 0 Å². The van der Waals surface area contributed by atoms with Crippen LogP contribution in [0.2, 0.25) is 0 Å². The number of hydrogen-bond acceptors (Lipinski definition) is 0. The fourth-order valence-electron chi connectivity index (χ4n) is 4.03. The van der Waals surface area contributed by atoms with Crippen molar-refractivity contribution in [3.63, 3.8) is 0 Å². The lowest BCUT2D eigenvalue weighted by atomic mass is 10.1.